The first-order chi connectivity index (χ1) is 12.5. The molecule has 0 saturated carbocycles. The number of carbonyl (C=O) groups excluding carboxylic acids is 1. The van der Waals surface area contributed by atoms with Crippen molar-refractivity contribution in [1.82, 2.24) is 15.1 Å². The minimum Gasteiger partial charge on any atom is -0.378 e. The molecular weight excluding hydrogens is 328 g/mol. The van der Waals surface area contributed by atoms with Crippen molar-refractivity contribution in [3.05, 3.63) is 46.8 Å². The molecule has 0 radical (unpaired) electrons. The second-order valence-electron chi connectivity index (χ2n) is 7.00. The summed E-state index contributed by atoms with van der Waals surface area (Å²) in [4.78, 5) is 14.8. The number of amides is 1. The van der Waals surface area contributed by atoms with Gasteiger partial charge in [0.1, 0.15) is 0 Å². The first-order valence-corrected chi connectivity index (χ1v) is 9.18. The molecule has 1 aliphatic rings. The highest BCUT2D eigenvalue weighted by atomic mass is 16.5. The normalized spacial score (nSPS) is 15.8. The fourth-order valence-corrected chi connectivity index (χ4v) is 3.42. The van der Waals surface area contributed by atoms with Crippen LogP contribution in [-0.2, 0) is 18.2 Å². The molecule has 3 rings (SSSR count). The average Bonchev–Trinajstić information content (AvgIpc) is 2.88. The number of nitrogens with one attached hydrogen (secondary N) is 1. The van der Waals surface area contributed by atoms with Gasteiger partial charge in [-0.25, -0.2) is 0 Å². The lowest BCUT2D eigenvalue weighted by molar-refractivity contribution is 0.0940. The molecule has 26 heavy (non-hydrogen) atoms. The molecule has 0 unspecified atom stereocenters. The number of aryl methyl sites for hydroxylation is 2. The van der Waals surface area contributed by atoms with Crippen LogP contribution in [0.25, 0.3) is 0 Å². The lowest BCUT2D eigenvalue weighted by Crippen LogP contribution is -2.36. The number of aromatic nitrogens is 2. The molecule has 1 fully saturated rings. The molecule has 6 heteroatoms. The quantitative estimate of drug-likeness (QED) is 0.893. The zero-order chi connectivity index (χ0) is 18.7. The van der Waals surface area contributed by atoms with E-state index in [9.17, 15) is 4.79 Å². The van der Waals surface area contributed by atoms with Crippen molar-refractivity contribution in [1.29, 1.82) is 0 Å². The Hall–Kier alpha value is -2.34. The number of benzene rings is 1. The lowest BCUT2D eigenvalue weighted by Gasteiger charge is -2.28. The molecule has 1 amide bonds. The van der Waals surface area contributed by atoms with E-state index in [4.69, 9.17) is 4.74 Å². The van der Waals surface area contributed by atoms with E-state index in [1.54, 1.807) is 0 Å². The third-order valence-electron chi connectivity index (χ3n) is 5.05. The summed E-state index contributed by atoms with van der Waals surface area (Å²) in [5.41, 5.74) is 5.22. The van der Waals surface area contributed by atoms with Crippen LogP contribution < -0.4 is 10.2 Å². The van der Waals surface area contributed by atoms with Gasteiger partial charge in [0.15, 0.2) is 0 Å². The fraction of sp³-hybridized carbons (Fsp3) is 0.500. The number of hydrogen-bond acceptors (Lipinski definition) is 4. The number of carbonyl (C=O) groups is 1. The van der Waals surface area contributed by atoms with Gasteiger partial charge in [0.2, 0.25) is 0 Å². The largest absolute Gasteiger partial charge is 0.378 e. The van der Waals surface area contributed by atoms with Crippen molar-refractivity contribution >= 4 is 11.6 Å². The zero-order valence-electron chi connectivity index (χ0n) is 16.1. The zero-order valence-corrected chi connectivity index (χ0v) is 16.1. The second kappa shape index (κ2) is 7.91. The van der Waals surface area contributed by atoms with Crippen LogP contribution in [0.15, 0.2) is 24.3 Å². The standard InChI is InChI=1S/C20H28N4O2/c1-14(13-19-15(2)22-23(4)16(19)3)21-20(25)17-5-7-18(8-6-17)24-9-11-26-12-10-24/h5-8,14H,9-13H2,1-4H3,(H,21,25)/t14-/m0/s1. The Bertz CT molecular complexity index is 761. The predicted molar refractivity (Wildman–Crippen MR) is 103 cm³/mol. The number of morpholine rings is 1. The van der Waals surface area contributed by atoms with Crippen molar-refractivity contribution < 1.29 is 9.53 Å². The molecular formula is C20H28N4O2. The maximum absolute atomic E-state index is 12.5. The molecule has 1 aromatic carbocycles. The van der Waals surface area contributed by atoms with Gasteiger partial charge in [0.25, 0.3) is 5.91 Å². The van der Waals surface area contributed by atoms with Crippen LogP contribution in [0, 0.1) is 13.8 Å². The van der Waals surface area contributed by atoms with Crippen molar-refractivity contribution in [3.63, 3.8) is 0 Å². The monoisotopic (exact) mass is 356 g/mol. The number of ether oxygens (including phenoxy) is 1. The van der Waals surface area contributed by atoms with E-state index < -0.39 is 0 Å². The molecule has 1 aliphatic heterocycles. The van der Waals surface area contributed by atoms with Gasteiger partial charge in [-0.05, 0) is 57.0 Å². The third-order valence-corrected chi connectivity index (χ3v) is 5.05. The molecule has 2 aromatic rings. The fourth-order valence-electron chi connectivity index (χ4n) is 3.42. The highest BCUT2D eigenvalue weighted by Gasteiger charge is 2.16. The van der Waals surface area contributed by atoms with Crippen LogP contribution >= 0.6 is 0 Å². The summed E-state index contributed by atoms with van der Waals surface area (Å²) < 4.78 is 7.27. The maximum atomic E-state index is 12.5. The Morgan fingerprint density at radius 1 is 1.23 bits per heavy atom. The van der Waals surface area contributed by atoms with Gasteiger partial charge < -0.3 is 15.0 Å². The van der Waals surface area contributed by atoms with Crippen LogP contribution in [0.2, 0.25) is 0 Å². The van der Waals surface area contributed by atoms with Gasteiger partial charge in [0.05, 0.1) is 18.9 Å². The van der Waals surface area contributed by atoms with Gasteiger partial charge in [-0.15, -0.1) is 0 Å². The number of anilines is 1. The van der Waals surface area contributed by atoms with Crippen LogP contribution in [-0.4, -0.2) is 48.0 Å². The summed E-state index contributed by atoms with van der Waals surface area (Å²) in [5.74, 6) is -0.0368. The van der Waals surface area contributed by atoms with Crippen molar-refractivity contribution in [3.8, 4) is 0 Å². The highest BCUT2D eigenvalue weighted by Crippen LogP contribution is 2.17. The van der Waals surface area contributed by atoms with Crippen molar-refractivity contribution in [2.24, 2.45) is 7.05 Å². The highest BCUT2D eigenvalue weighted by molar-refractivity contribution is 5.94. The molecule has 140 valence electrons. The molecule has 2 heterocycles. The molecule has 1 saturated heterocycles. The predicted octanol–water partition coefficient (Wildman–Crippen LogP) is 2.23. The molecule has 0 aliphatic carbocycles. The topological polar surface area (TPSA) is 59.4 Å². The summed E-state index contributed by atoms with van der Waals surface area (Å²) in [6.45, 7) is 9.42. The van der Waals surface area contributed by atoms with E-state index in [2.05, 4.69) is 22.2 Å². The second-order valence-corrected chi connectivity index (χ2v) is 7.00. The Morgan fingerprint density at radius 3 is 2.46 bits per heavy atom. The molecule has 0 bridgehead atoms. The molecule has 1 aromatic heterocycles. The Kier molecular flexibility index (Phi) is 5.61. The molecule has 6 nitrogen and oxygen atoms in total. The average molecular weight is 356 g/mol. The maximum Gasteiger partial charge on any atom is 0.251 e. The number of nitrogens with zero attached hydrogens (tertiary/aromatic N) is 3. The minimum atomic E-state index is -0.0368. The van der Waals surface area contributed by atoms with E-state index in [0.717, 1.165) is 49.8 Å². The van der Waals surface area contributed by atoms with Crippen LogP contribution in [0.5, 0.6) is 0 Å². The van der Waals surface area contributed by atoms with Crippen LogP contribution in [0.3, 0.4) is 0 Å². The Balaban J connectivity index is 1.60. The Morgan fingerprint density at radius 2 is 1.88 bits per heavy atom. The van der Waals surface area contributed by atoms with Crippen LogP contribution in [0.4, 0.5) is 5.69 Å². The smallest absolute Gasteiger partial charge is 0.251 e. The summed E-state index contributed by atoms with van der Waals surface area (Å²) >= 11 is 0. The van der Waals surface area contributed by atoms with Gasteiger partial charge in [-0.3, -0.25) is 9.48 Å². The summed E-state index contributed by atoms with van der Waals surface area (Å²) in [7, 11) is 1.95. The minimum absolute atomic E-state index is 0.0368. The van der Waals surface area contributed by atoms with E-state index >= 15 is 0 Å². The van der Waals surface area contributed by atoms with E-state index in [1.165, 1.54) is 5.56 Å². The lowest BCUT2D eigenvalue weighted by atomic mass is 10.0. The van der Waals surface area contributed by atoms with Gasteiger partial charge in [-0.1, -0.05) is 0 Å². The van der Waals surface area contributed by atoms with Gasteiger partial charge >= 0.3 is 0 Å². The van der Waals surface area contributed by atoms with Crippen LogP contribution in [0.1, 0.15) is 34.2 Å². The van der Waals surface area contributed by atoms with E-state index in [-0.39, 0.29) is 11.9 Å². The van der Waals surface area contributed by atoms with Gasteiger partial charge in [0, 0.05) is 43.1 Å². The van der Waals surface area contributed by atoms with Crippen molar-refractivity contribution in [2.75, 3.05) is 31.2 Å². The molecule has 1 atom stereocenters. The number of rotatable bonds is 5. The Labute approximate surface area is 155 Å². The number of hydrogen-bond donors (Lipinski definition) is 1. The summed E-state index contributed by atoms with van der Waals surface area (Å²) in [5, 5.41) is 7.54. The first kappa shape index (κ1) is 18.5. The summed E-state index contributed by atoms with van der Waals surface area (Å²) in [6, 6.07) is 7.87. The first-order valence-electron chi connectivity index (χ1n) is 9.18. The van der Waals surface area contributed by atoms with E-state index in [1.807, 2.05) is 49.8 Å². The van der Waals surface area contributed by atoms with Gasteiger partial charge in [-0.2, -0.15) is 5.10 Å². The van der Waals surface area contributed by atoms with E-state index in [0.29, 0.717) is 5.56 Å². The third kappa shape index (κ3) is 4.07. The molecule has 0 spiro atoms. The SMILES string of the molecule is Cc1nn(C)c(C)c1C[C@H](C)NC(=O)c1ccc(N2CCOCC2)cc1. The van der Waals surface area contributed by atoms with Crippen molar-refractivity contribution in [2.45, 2.75) is 33.2 Å². The molecule has 1 N–H and O–H groups in total. The summed E-state index contributed by atoms with van der Waals surface area (Å²) in [6.07, 6.45) is 0.781.